The molecule has 0 saturated carbocycles. The van der Waals surface area contributed by atoms with Gasteiger partial charge in [0.05, 0.1) is 19.0 Å². The lowest BCUT2D eigenvalue weighted by atomic mass is 9.93. The van der Waals surface area contributed by atoms with Crippen LogP contribution in [0.3, 0.4) is 0 Å². The number of nitrogens with zero attached hydrogens (tertiary/aromatic N) is 1. The molecule has 0 radical (unpaired) electrons. The van der Waals surface area contributed by atoms with Gasteiger partial charge in [0.2, 0.25) is 17.7 Å². The van der Waals surface area contributed by atoms with Crippen molar-refractivity contribution in [2.75, 3.05) is 38.6 Å². The molecule has 26 heavy (non-hydrogen) atoms. The van der Waals surface area contributed by atoms with E-state index in [2.05, 4.69) is 10.6 Å². The summed E-state index contributed by atoms with van der Waals surface area (Å²) in [7, 11) is 0. The molecule has 2 N–H and O–H groups in total. The summed E-state index contributed by atoms with van der Waals surface area (Å²) in [5.74, 6) is -0.114. The van der Waals surface area contributed by atoms with Gasteiger partial charge in [-0.15, -0.1) is 0 Å². The molecule has 1 heterocycles. The Morgan fingerprint density at radius 3 is 2.15 bits per heavy atom. The zero-order chi connectivity index (χ0) is 20.0. The Balaban J connectivity index is 2.32. The molecule has 0 aromatic carbocycles. The number of carbonyl (C=O) groups excluding carboxylic acids is 3. The third-order valence-corrected chi connectivity index (χ3v) is 5.14. The Morgan fingerprint density at radius 2 is 1.69 bits per heavy atom. The van der Waals surface area contributed by atoms with E-state index in [9.17, 15) is 14.4 Å². The molecule has 148 valence electrons. The predicted molar refractivity (Wildman–Crippen MR) is 107 cm³/mol. The van der Waals surface area contributed by atoms with Crippen LogP contribution >= 0.6 is 24.0 Å². The maximum absolute atomic E-state index is 12.1. The van der Waals surface area contributed by atoms with Crippen molar-refractivity contribution in [3.63, 3.8) is 0 Å². The Labute approximate surface area is 165 Å². The van der Waals surface area contributed by atoms with Crippen molar-refractivity contribution in [2.24, 2.45) is 10.8 Å². The van der Waals surface area contributed by atoms with Crippen LogP contribution in [-0.4, -0.2) is 65.5 Å². The van der Waals surface area contributed by atoms with Gasteiger partial charge in [0.25, 0.3) is 0 Å². The van der Waals surface area contributed by atoms with E-state index in [1.165, 1.54) is 23.6 Å². The zero-order valence-electron chi connectivity index (χ0n) is 16.1. The number of carbonyl (C=O) groups is 3. The van der Waals surface area contributed by atoms with E-state index in [1.807, 2.05) is 27.7 Å². The summed E-state index contributed by atoms with van der Waals surface area (Å²) in [6.07, 6.45) is 0. The van der Waals surface area contributed by atoms with Crippen molar-refractivity contribution in [3.05, 3.63) is 0 Å². The van der Waals surface area contributed by atoms with Crippen LogP contribution in [0.2, 0.25) is 0 Å². The summed E-state index contributed by atoms with van der Waals surface area (Å²) in [6.45, 7) is 11.4. The minimum absolute atomic E-state index is 0.0364. The minimum atomic E-state index is -0.260. The average molecular weight is 404 g/mol. The molecule has 1 rings (SSSR count). The van der Waals surface area contributed by atoms with Crippen LogP contribution in [0.15, 0.2) is 0 Å². The van der Waals surface area contributed by atoms with Crippen LogP contribution in [0.4, 0.5) is 0 Å². The predicted octanol–water partition coefficient (Wildman–Crippen LogP) is 1.17. The average Bonchev–Trinajstić information content (AvgIpc) is 2.83. The first kappa shape index (κ1) is 22.9. The van der Waals surface area contributed by atoms with Crippen molar-refractivity contribution >= 4 is 46.0 Å². The molecule has 0 aromatic rings. The third-order valence-electron chi connectivity index (χ3n) is 3.71. The van der Waals surface area contributed by atoms with Gasteiger partial charge in [0.1, 0.15) is 10.9 Å². The number of thioether (sulfide) groups is 1. The Hall–Kier alpha value is -1.19. The molecule has 0 bridgehead atoms. The van der Waals surface area contributed by atoms with Crippen LogP contribution in [-0.2, 0) is 19.1 Å². The lowest BCUT2D eigenvalue weighted by Crippen LogP contribution is -2.44. The number of thiocarbonyl (C=S) groups is 1. The molecule has 7 nitrogen and oxygen atoms in total. The highest BCUT2D eigenvalue weighted by Crippen LogP contribution is 2.20. The second-order valence-electron chi connectivity index (χ2n) is 8.04. The number of hydrogen-bond acceptors (Lipinski definition) is 6. The van der Waals surface area contributed by atoms with Gasteiger partial charge in [-0.3, -0.25) is 19.3 Å². The summed E-state index contributed by atoms with van der Waals surface area (Å²) < 4.78 is 6.26. The highest BCUT2D eigenvalue weighted by Gasteiger charge is 2.29. The smallest absolute Gasteiger partial charge is 0.240 e. The fourth-order valence-electron chi connectivity index (χ4n) is 2.14. The third kappa shape index (κ3) is 8.46. The van der Waals surface area contributed by atoms with Gasteiger partial charge in [0, 0.05) is 30.8 Å². The van der Waals surface area contributed by atoms with Gasteiger partial charge in [-0.1, -0.05) is 51.7 Å². The first-order valence-corrected chi connectivity index (χ1v) is 9.87. The summed E-state index contributed by atoms with van der Waals surface area (Å²) in [5.41, 5.74) is -0.432. The maximum Gasteiger partial charge on any atom is 0.240 e. The second-order valence-corrected chi connectivity index (χ2v) is 9.65. The van der Waals surface area contributed by atoms with Crippen molar-refractivity contribution in [1.29, 1.82) is 0 Å². The van der Waals surface area contributed by atoms with E-state index in [0.29, 0.717) is 36.4 Å². The molecule has 1 fully saturated rings. The number of rotatable bonds is 10. The van der Waals surface area contributed by atoms with Gasteiger partial charge >= 0.3 is 0 Å². The molecular formula is C17H29N3O4S2. The van der Waals surface area contributed by atoms with Crippen molar-refractivity contribution < 1.29 is 19.1 Å². The molecule has 1 aliphatic heterocycles. The van der Waals surface area contributed by atoms with E-state index in [1.54, 1.807) is 0 Å². The summed E-state index contributed by atoms with van der Waals surface area (Å²) in [4.78, 5) is 36.1. The monoisotopic (exact) mass is 403 g/mol. The largest absolute Gasteiger partial charge is 0.380 e. The van der Waals surface area contributed by atoms with Crippen molar-refractivity contribution in [1.82, 2.24) is 15.5 Å². The fourth-order valence-corrected chi connectivity index (χ4v) is 3.21. The van der Waals surface area contributed by atoms with Crippen LogP contribution in [0, 0.1) is 10.8 Å². The minimum Gasteiger partial charge on any atom is -0.380 e. The number of amides is 3. The van der Waals surface area contributed by atoms with E-state index in [4.69, 9.17) is 17.0 Å². The summed E-state index contributed by atoms with van der Waals surface area (Å²) >= 11 is 6.34. The molecule has 0 atom stereocenters. The molecular weight excluding hydrogens is 374 g/mol. The van der Waals surface area contributed by atoms with E-state index in [0.717, 1.165) is 0 Å². The number of hydrogen-bond donors (Lipinski definition) is 2. The quantitative estimate of drug-likeness (QED) is 0.533. The van der Waals surface area contributed by atoms with Gasteiger partial charge in [0.15, 0.2) is 0 Å². The van der Waals surface area contributed by atoms with Gasteiger partial charge in [-0.2, -0.15) is 0 Å². The molecule has 0 aliphatic carbocycles. The maximum atomic E-state index is 12.1. The Kier molecular flexibility index (Phi) is 8.49. The molecule has 1 saturated heterocycles. The van der Waals surface area contributed by atoms with E-state index in [-0.39, 0.29) is 35.1 Å². The van der Waals surface area contributed by atoms with Gasteiger partial charge < -0.3 is 15.4 Å². The SMILES string of the molecule is CC(=O)NCC(C)(C)COCC(C)(C)CNC(=O)CN1C(=O)CSC1=S. The van der Waals surface area contributed by atoms with Crippen LogP contribution in [0.1, 0.15) is 34.6 Å². The van der Waals surface area contributed by atoms with Gasteiger partial charge in [-0.25, -0.2) is 0 Å². The first-order valence-electron chi connectivity index (χ1n) is 8.48. The number of nitrogens with one attached hydrogen (secondary N) is 2. The van der Waals surface area contributed by atoms with Crippen LogP contribution in [0.5, 0.6) is 0 Å². The lowest BCUT2D eigenvalue weighted by Gasteiger charge is -2.29. The highest BCUT2D eigenvalue weighted by atomic mass is 32.2. The first-order chi connectivity index (χ1) is 11.9. The second kappa shape index (κ2) is 9.66. The normalized spacial score (nSPS) is 15.3. The highest BCUT2D eigenvalue weighted by molar-refractivity contribution is 8.23. The molecule has 0 spiro atoms. The fraction of sp³-hybridized carbons (Fsp3) is 0.765. The van der Waals surface area contributed by atoms with Crippen molar-refractivity contribution in [3.8, 4) is 0 Å². The Bertz CT molecular complexity index is 548. The van der Waals surface area contributed by atoms with Crippen LogP contribution < -0.4 is 10.6 Å². The summed E-state index contributed by atoms with van der Waals surface area (Å²) in [6, 6.07) is 0. The standard InChI is InChI=1S/C17H29N3O4S2/c1-12(21)18-8-16(2,3)10-24-11-17(4,5)9-19-13(22)6-20-14(23)7-26-15(20)25/h6-11H2,1-5H3,(H,18,21)(H,19,22). The molecule has 3 amide bonds. The van der Waals surface area contributed by atoms with Gasteiger partial charge in [-0.05, 0) is 0 Å². The van der Waals surface area contributed by atoms with Crippen LogP contribution in [0.25, 0.3) is 0 Å². The number of ether oxygens (including phenoxy) is 1. The molecule has 0 aromatic heterocycles. The van der Waals surface area contributed by atoms with E-state index >= 15 is 0 Å². The van der Waals surface area contributed by atoms with E-state index < -0.39 is 0 Å². The summed E-state index contributed by atoms with van der Waals surface area (Å²) in [5, 5.41) is 5.63. The Morgan fingerprint density at radius 1 is 1.15 bits per heavy atom. The zero-order valence-corrected chi connectivity index (χ0v) is 17.8. The molecule has 0 unspecified atom stereocenters. The lowest BCUT2D eigenvalue weighted by molar-refractivity contribution is -0.130. The molecule has 9 heteroatoms. The molecule has 1 aliphatic rings. The topological polar surface area (TPSA) is 87.7 Å². The van der Waals surface area contributed by atoms with Crippen molar-refractivity contribution in [2.45, 2.75) is 34.6 Å².